The minimum absolute atomic E-state index is 0.0646. The lowest BCUT2D eigenvalue weighted by Crippen LogP contribution is -2.34. The van der Waals surface area contributed by atoms with Crippen molar-refractivity contribution in [1.82, 2.24) is 0 Å². The molecule has 2 N–H and O–H groups in total. The highest BCUT2D eigenvalue weighted by Crippen LogP contribution is 2.38. The van der Waals surface area contributed by atoms with E-state index in [2.05, 4.69) is 15.9 Å². The van der Waals surface area contributed by atoms with Gasteiger partial charge in [0.1, 0.15) is 16.0 Å². The molecule has 1 heterocycles. The molecule has 5 nitrogen and oxygen atoms in total. The third-order valence-corrected chi connectivity index (χ3v) is 3.96. The second-order valence-electron chi connectivity index (χ2n) is 4.33. The van der Waals surface area contributed by atoms with Gasteiger partial charge in [0.15, 0.2) is 5.78 Å². The van der Waals surface area contributed by atoms with Crippen LogP contribution in [-0.4, -0.2) is 39.3 Å². The average Bonchev–Trinajstić information content (AvgIpc) is 2.83. The van der Waals surface area contributed by atoms with E-state index in [4.69, 9.17) is 19.9 Å². The van der Waals surface area contributed by atoms with Gasteiger partial charge in [0.2, 0.25) is 0 Å². The summed E-state index contributed by atoms with van der Waals surface area (Å²) in [6, 6.07) is 3.15. The quantitative estimate of drug-likeness (QED) is 0.850. The number of halogens is 1. The topological polar surface area (TPSA) is 70.8 Å². The van der Waals surface area contributed by atoms with E-state index in [1.807, 2.05) is 0 Å². The zero-order valence-corrected chi connectivity index (χ0v) is 12.4. The third-order valence-electron chi connectivity index (χ3n) is 3.21. The van der Waals surface area contributed by atoms with Crippen molar-refractivity contribution in [2.75, 3.05) is 27.4 Å². The Morgan fingerprint density at radius 1 is 1.37 bits per heavy atom. The van der Waals surface area contributed by atoms with Gasteiger partial charge in [0.25, 0.3) is 0 Å². The van der Waals surface area contributed by atoms with E-state index in [-0.39, 0.29) is 17.7 Å². The molecule has 0 amide bonds. The third kappa shape index (κ3) is 2.61. The van der Waals surface area contributed by atoms with Crippen molar-refractivity contribution in [3.05, 3.63) is 22.2 Å². The highest BCUT2D eigenvalue weighted by Gasteiger charge is 2.34. The maximum absolute atomic E-state index is 12.5. The van der Waals surface area contributed by atoms with E-state index < -0.39 is 0 Å². The van der Waals surface area contributed by atoms with Gasteiger partial charge in [0.05, 0.1) is 38.9 Å². The standard InChI is InChI=1S/C13H16BrNO4/c1-17-10-4-3-7(13(18-2)11(10)14)12(16)8-5-19-6-9(8)15/h3-4,8-9H,5-6,15H2,1-2H3. The molecular formula is C13H16BrNO4. The summed E-state index contributed by atoms with van der Waals surface area (Å²) in [5.41, 5.74) is 6.37. The van der Waals surface area contributed by atoms with Crippen LogP contribution in [0.3, 0.4) is 0 Å². The summed E-state index contributed by atoms with van der Waals surface area (Å²) in [4.78, 5) is 12.5. The molecular weight excluding hydrogens is 314 g/mol. The van der Waals surface area contributed by atoms with Gasteiger partial charge < -0.3 is 19.9 Å². The fraction of sp³-hybridized carbons (Fsp3) is 0.462. The van der Waals surface area contributed by atoms with Gasteiger partial charge in [-0.2, -0.15) is 0 Å². The van der Waals surface area contributed by atoms with Crippen LogP contribution in [0.5, 0.6) is 11.5 Å². The summed E-state index contributed by atoms with van der Waals surface area (Å²) in [5, 5.41) is 0. The van der Waals surface area contributed by atoms with Gasteiger partial charge in [0, 0.05) is 6.04 Å². The Kier molecular flexibility index (Phi) is 4.44. The molecule has 0 spiro atoms. The molecule has 0 aliphatic carbocycles. The molecule has 19 heavy (non-hydrogen) atoms. The van der Waals surface area contributed by atoms with Crippen LogP contribution < -0.4 is 15.2 Å². The smallest absolute Gasteiger partial charge is 0.173 e. The second kappa shape index (κ2) is 5.90. The highest BCUT2D eigenvalue weighted by atomic mass is 79.9. The number of hydrogen-bond acceptors (Lipinski definition) is 5. The monoisotopic (exact) mass is 329 g/mol. The molecule has 1 fully saturated rings. The number of ketones is 1. The summed E-state index contributed by atoms with van der Waals surface area (Å²) >= 11 is 3.38. The molecule has 1 aromatic carbocycles. The van der Waals surface area contributed by atoms with Gasteiger partial charge >= 0.3 is 0 Å². The minimum Gasteiger partial charge on any atom is -0.495 e. The summed E-state index contributed by atoms with van der Waals surface area (Å²) < 4.78 is 16.3. The Bertz CT molecular complexity index is 492. The van der Waals surface area contributed by atoms with Crippen molar-refractivity contribution >= 4 is 21.7 Å². The van der Waals surface area contributed by atoms with E-state index in [0.29, 0.717) is 34.7 Å². The number of ether oxygens (including phenoxy) is 3. The number of hydrogen-bond donors (Lipinski definition) is 1. The van der Waals surface area contributed by atoms with Crippen molar-refractivity contribution in [3.63, 3.8) is 0 Å². The molecule has 104 valence electrons. The zero-order chi connectivity index (χ0) is 14.0. The number of benzene rings is 1. The van der Waals surface area contributed by atoms with Crippen LogP contribution in [0, 0.1) is 5.92 Å². The number of carbonyl (C=O) groups is 1. The van der Waals surface area contributed by atoms with Gasteiger partial charge in [-0.05, 0) is 28.1 Å². The molecule has 0 bridgehead atoms. The van der Waals surface area contributed by atoms with Gasteiger partial charge in [-0.15, -0.1) is 0 Å². The predicted octanol–water partition coefficient (Wildman–Crippen LogP) is 1.62. The van der Waals surface area contributed by atoms with Crippen LogP contribution in [0.2, 0.25) is 0 Å². The zero-order valence-electron chi connectivity index (χ0n) is 10.8. The lowest BCUT2D eigenvalue weighted by atomic mass is 9.93. The van der Waals surface area contributed by atoms with E-state index in [1.165, 1.54) is 7.11 Å². The summed E-state index contributed by atoms with van der Waals surface area (Å²) in [6.45, 7) is 0.767. The van der Waals surface area contributed by atoms with E-state index in [0.717, 1.165) is 0 Å². The van der Waals surface area contributed by atoms with Gasteiger partial charge in [-0.1, -0.05) is 0 Å². The second-order valence-corrected chi connectivity index (χ2v) is 5.13. The van der Waals surface area contributed by atoms with Crippen LogP contribution in [0.25, 0.3) is 0 Å². The number of nitrogens with two attached hydrogens (primary N) is 1. The Balaban J connectivity index is 2.39. The van der Waals surface area contributed by atoms with Crippen LogP contribution in [0.4, 0.5) is 0 Å². The number of rotatable bonds is 4. The van der Waals surface area contributed by atoms with Crippen LogP contribution >= 0.6 is 15.9 Å². The molecule has 1 aliphatic heterocycles. The normalized spacial score (nSPS) is 22.3. The number of carbonyl (C=O) groups excluding carboxylic acids is 1. The Hall–Kier alpha value is -1.11. The van der Waals surface area contributed by atoms with Crippen molar-refractivity contribution in [2.45, 2.75) is 6.04 Å². The van der Waals surface area contributed by atoms with Crippen LogP contribution in [0.15, 0.2) is 16.6 Å². The summed E-state index contributed by atoms with van der Waals surface area (Å²) in [5.74, 6) is 0.684. The van der Waals surface area contributed by atoms with Crippen LogP contribution in [0.1, 0.15) is 10.4 Å². The molecule has 0 aromatic heterocycles. The maximum Gasteiger partial charge on any atom is 0.173 e. The molecule has 0 radical (unpaired) electrons. The molecule has 1 aliphatic rings. The van der Waals surface area contributed by atoms with Gasteiger partial charge in [-0.25, -0.2) is 0 Å². The fourth-order valence-corrected chi connectivity index (χ4v) is 2.80. The van der Waals surface area contributed by atoms with Crippen molar-refractivity contribution in [1.29, 1.82) is 0 Å². The first-order valence-electron chi connectivity index (χ1n) is 5.88. The van der Waals surface area contributed by atoms with E-state index >= 15 is 0 Å². The first-order valence-corrected chi connectivity index (χ1v) is 6.67. The minimum atomic E-state index is -0.325. The molecule has 2 rings (SSSR count). The Labute approximate surface area is 120 Å². The Morgan fingerprint density at radius 2 is 2.11 bits per heavy atom. The Morgan fingerprint density at radius 3 is 2.63 bits per heavy atom. The van der Waals surface area contributed by atoms with E-state index in [1.54, 1.807) is 19.2 Å². The SMILES string of the molecule is COc1ccc(C(=O)C2COCC2N)c(OC)c1Br. The largest absolute Gasteiger partial charge is 0.495 e. The molecule has 2 atom stereocenters. The molecule has 2 unspecified atom stereocenters. The lowest BCUT2D eigenvalue weighted by Gasteiger charge is -2.16. The average molecular weight is 330 g/mol. The van der Waals surface area contributed by atoms with Crippen LogP contribution in [-0.2, 0) is 4.74 Å². The summed E-state index contributed by atoms with van der Waals surface area (Å²) in [7, 11) is 3.07. The highest BCUT2D eigenvalue weighted by molar-refractivity contribution is 9.10. The summed E-state index contributed by atoms with van der Waals surface area (Å²) in [6.07, 6.45) is 0. The number of Topliss-reactive ketones (excluding diaryl/α,β-unsaturated/α-hetero) is 1. The lowest BCUT2D eigenvalue weighted by molar-refractivity contribution is 0.0892. The molecule has 1 aromatic rings. The fourth-order valence-electron chi connectivity index (χ4n) is 2.13. The molecule has 1 saturated heterocycles. The maximum atomic E-state index is 12.5. The molecule has 6 heteroatoms. The predicted molar refractivity (Wildman–Crippen MR) is 73.9 cm³/mol. The first-order chi connectivity index (χ1) is 9.10. The molecule has 0 saturated carbocycles. The first kappa shape index (κ1) is 14.3. The number of methoxy groups -OCH3 is 2. The van der Waals surface area contributed by atoms with Crippen molar-refractivity contribution in [3.8, 4) is 11.5 Å². The van der Waals surface area contributed by atoms with E-state index in [9.17, 15) is 4.79 Å². The van der Waals surface area contributed by atoms with Crippen molar-refractivity contribution < 1.29 is 19.0 Å². The van der Waals surface area contributed by atoms with Crippen molar-refractivity contribution in [2.24, 2.45) is 11.7 Å². The van der Waals surface area contributed by atoms with Gasteiger partial charge in [-0.3, -0.25) is 4.79 Å².